The Kier molecular flexibility index (Phi) is 3.41. The molecule has 4 nitrogen and oxygen atoms in total. The van der Waals surface area contributed by atoms with Crippen molar-refractivity contribution in [1.82, 2.24) is 0 Å². The van der Waals surface area contributed by atoms with Crippen molar-refractivity contribution in [2.45, 2.75) is 6.54 Å². The van der Waals surface area contributed by atoms with Crippen LogP contribution in [0.25, 0.3) is 0 Å². The van der Waals surface area contributed by atoms with E-state index in [1.807, 2.05) is 18.2 Å². The average molecular weight is 247 g/mol. The van der Waals surface area contributed by atoms with Crippen molar-refractivity contribution in [1.29, 1.82) is 0 Å². The molecule has 0 unspecified atom stereocenters. The molecule has 5 N–H and O–H groups in total. The molecule has 1 aromatic carbocycles. The van der Waals surface area contributed by atoms with E-state index in [4.69, 9.17) is 11.5 Å². The molecule has 0 aliphatic rings. The van der Waals surface area contributed by atoms with Gasteiger partial charge in [0.15, 0.2) is 0 Å². The van der Waals surface area contributed by atoms with Crippen LogP contribution >= 0.6 is 11.3 Å². The molecule has 2 rings (SSSR count). The SMILES string of the molecule is NCc1ccc(C(=O)Nc2ccccc2N)s1. The third-order valence-corrected chi connectivity index (χ3v) is 3.40. The van der Waals surface area contributed by atoms with Crippen LogP contribution in [0.4, 0.5) is 11.4 Å². The fraction of sp³-hybridized carbons (Fsp3) is 0.0833. The lowest BCUT2D eigenvalue weighted by Gasteiger charge is -2.06. The van der Waals surface area contributed by atoms with Crippen LogP contribution in [-0.2, 0) is 6.54 Å². The van der Waals surface area contributed by atoms with E-state index in [0.717, 1.165) is 4.88 Å². The average Bonchev–Trinajstić information content (AvgIpc) is 2.81. The molecule has 1 aromatic heterocycles. The highest BCUT2D eigenvalue weighted by Gasteiger charge is 2.10. The van der Waals surface area contributed by atoms with E-state index >= 15 is 0 Å². The molecule has 2 aromatic rings. The standard InChI is InChI=1S/C12H13N3OS/c13-7-8-5-6-11(17-8)12(16)15-10-4-2-1-3-9(10)14/h1-6H,7,13-14H2,(H,15,16). The van der Waals surface area contributed by atoms with Crippen molar-refractivity contribution in [3.8, 4) is 0 Å². The van der Waals surface area contributed by atoms with Gasteiger partial charge in [0.2, 0.25) is 0 Å². The first-order valence-corrected chi connectivity index (χ1v) is 5.97. The second-order valence-corrected chi connectivity index (χ2v) is 4.68. The smallest absolute Gasteiger partial charge is 0.265 e. The summed E-state index contributed by atoms with van der Waals surface area (Å²) in [5, 5.41) is 2.77. The van der Waals surface area contributed by atoms with Gasteiger partial charge in [-0.1, -0.05) is 12.1 Å². The molecule has 1 amide bonds. The van der Waals surface area contributed by atoms with Crippen LogP contribution in [0.5, 0.6) is 0 Å². The maximum absolute atomic E-state index is 11.9. The number of benzene rings is 1. The van der Waals surface area contributed by atoms with Gasteiger partial charge in [0.25, 0.3) is 5.91 Å². The summed E-state index contributed by atoms with van der Waals surface area (Å²) < 4.78 is 0. The molecule has 88 valence electrons. The molecular weight excluding hydrogens is 234 g/mol. The summed E-state index contributed by atoms with van der Waals surface area (Å²) in [5.41, 5.74) is 12.4. The van der Waals surface area contributed by atoms with Crippen LogP contribution < -0.4 is 16.8 Å². The van der Waals surface area contributed by atoms with E-state index in [2.05, 4.69) is 5.32 Å². The molecule has 17 heavy (non-hydrogen) atoms. The molecule has 5 heteroatoms. The Bertz CT molecular complexity index is 536. The van der Waals surface area contributed by atoms with Gasteiger partial charge in [-0.25, -0.2) is 0 Å². The lowest BCUT2D eigenvalue weighted by atomic mass is 10.2. The number of rotatable bonds is 3. The number of nitrogens with one attached hydrogen (secondary N) is 1. The summed E-state index contributed by atoms with van der Waals surface area (Å²) in [6.45, 7) is 0.450. The van der Waals surface area contributed by atoms with E-state index in [0.29, 0.717) is 22.8 Å². The van der Waals surface area contributed by atoms with Crippen LogP contribution in [-0.4, -0.2) is 5.91 Å². The summed E-state index contributed by atoms with van der Waals surface area (Å²) >= 11 is 1.39. The number of amides is 1. The largest absolute Gasteiger partial charge is 0.397 e. The molecular formula is C12H13N3OS. The number of thiophene rings is 1. The van der Waals surface area contributed by atoms with Crippen molar-refractivity contribution in [3.05, 3.63) is 46.2 Å². The summed E-state index contributed by atoms with van der Waals surface area (Å²) in [6.07, 6.45) is 0. The quantitative estimate of drug-likeness (QED) is 0.726. The van der Waals surface area contributed by atoms with Gasteiger partial charge >= 0.3 is 0 Å². The van der Waals surface area contributed by atoms with E-state index < -0.39 is 0 Å². The van der Waals surface area contributed by atoms with Crippen molar-refractivity contribution in [3.63, 3.8) is 0 Å². The van der Waals surface area contributed by atoms with Crippen molar-refractivity contribution in [2.75, 3.05) is 11.1 Å². The summed E-state index contributed by atoms with van der Waals surface area (Å²) in [6, 6.07) is 10.8. The highest BCUT2D eigenvalue weighted by Crippen LogP contribution is 2.21. The van der Waals surface area contributed by atoms with E-state index in [1.54, 1.807) is 18.2 Å². The van der Waals surface area contributed by atoms with E-state index in [1.165, 1.54) is 11.3 Å². The van der Waals surface area contributed by atoms with Gasteiger partial charge in [0.1, 0.15) is 0 Å². The maximum Gasteiger partial charge on any atom is 0.265 e. The first-order valence-electron chi connectivity index (χ1n) is 5.15. The third-order valence-electron chi connectivity index (χ3n) is 2.30. The number of anilines is 2. The number of hydrogen-bond donors (Lipinski definition) is 3. The summed E-state index contributed by atoms with van der Waals surface area (Å²) in [7, 11) is 0. The van der Waals surface area contributed by atoms with Gasteiger partial charge < -0.3 is 16.8 Å². The second kappa shape index (κ2) is 4.99. The Balaban J connectivity index is 2.14. The molecule has 0 atom stereocenters. The number of para-hydroxylation sites is 2. The number of nitrogens with two attached hydrogens (primary N) is 2. The lowest BCUT2D eigenvalue weighted by Crippen LogP contribution is -2.11. The number of carbonyl (C=O) groups is 1. The predicted octanol–water partition coefficient (Wildman–Crippen LogP) is 2.04. The summed E-state index contributed by atoms with van der Waals surface area (Å²) in [5.74, 6) is -0.160. The minimum absolute atomic E-state index is 0.160. The first kappa shape index (κ1) is 11.6. The normalized spacial score (nSPS) is 10.2. The second-order valence-electron chi connectivity index (χ2n) is 3.51. The highest BCUT2D eigenvalue weighted by atomic mass is 32.1. The molecule has 0 fully saturated rings. The van der Waals surface area contributed by atoms with E-state index in [-0.39, 0.29) is 5.91 Å². The molecule has 1 heterocycles. The first-order chi connectivity index (χ1) is 8.20. The fourth-order valence-electron chi connectivity index (χ4n) is 1.40. The Hall–Kier alpha value is -1.85. The number of carbonyl (C=O) groups excluding carboxylic acids is 1. The molecule has 0 saturated heterocycles. The summed E-state index contributed by atoms with van der Waals surface area (Å²) in [4.78, 5) is 13.5. The Morgan fingerprint density at radius 2 is 2.00 bits per heavy atom. The Morgan fingerprint density at radius 3 is 2.65 bits per heavy atom. The molecule has 0 bridgehead atoms. The third kappa shape index (κ3) is 2.64. The van der Waals surface area contributed by atoms with Crippen LogP contribution in [0.3, 0.4) is 0 Å². The highest BCUT2D eigenvalue weighted by molar-refractivity contribution is 7.14. The van der Waals surface area contributed by atoms with Gasteiger partial charge in [0.05, 0.1) is 16.3 Å². The molecule has 0 saturated carbocycles. The predicted molar refractivity (Wildman–Crippen MR) is 71.0 cm³/mol. The topological polar surface area (TPSA) is 81.1 Å². The van der Waals surface area contributed by atoms with Crippen LogP contribution in [0.1, 0.15) is 14.5 Å². The van der Waals surface area contributed by atoms with Crippen molar-refractivity contribution < 1.29 is 4.79 Å². The van der Waals surface area contributed by atoms with Gasteiger partial charge in [-0.05, 0) is 24.3 Å². The zero-order valence-corrected chi connectivity index (χ0v) is 9.96. The van der Waals surface area contributed by atoms with Gasteiger partial charge in [0, 0.05) is 11.4 Å². The van der Waals surface area contributed by atoms with E-state index in [9.17, 15) is 4.79 Å². The monoisotopic (exact) mass is 247 g/mol. The molecule has 0 aliphatic carbocycles. The Morgan fingerprint density at radius 1 is 1.24 bits per heavy atom. The lowest BCUT2D eigenvalue weighted by molar-refractivity contribution is 0.103. The zero-order chi connectivity index (χ0) is 12.3. The van der Waals surface area contributed by atoms with Crippen LogP contribution in [0.15, 0.2) is 36.4 Å². The molecule has 0 radical (unpaired) electrons. The van der Waals surface area contributed by atoms with Gasteiger partial charge in [-0.3, -0.25) is 4.79 Å². The minimum Gasteiger partial charge on any atom is -0.397 e. The molecule has 0 aliphatic heterocycles. The zero-order valence-electron chi connectivity index (χ0n) is 9.14. The van der Waals surface area contributed by atoms with Crippen LogP contribution in [0, 0.1) is 0 Å². The van der Waals surface area contributed by atoms with Crippen LogP contribution in [0.2, 0.25) is 0 Å². The van der Waals surface area contributed by atoms with Crippen molar-refractivity contribution >= 4 is 28.6 Å². The molecule has 0 spiro atoms. The van der Waals surface area contributed by atoms with Gasteiger partial charge in [-0.15, -0.1) is 11.3 Å². The Labute approximate surface area is 103 Å². The number of nitrogen functional groups attached to an aromatic ring is 1. The fourth-order valence-corrected chi connectivity index (χ4v) is 2.19. The number of hydrogen-bond acceptors (Lipinski definition) is 4. The maximum atomic E-state index is 11.9. The van der Waals surface area contributed by atoms with Crippen molar-refractivity contribution in [2.24, 2.45) is 5.73 Å². The minimum atomic E-state index is -0.160. The van der Waals surface area contributed by atoms with Gasteiger partial charge in [-0.2, -0.15) is 0 Å².